The molecule has 0 unspecified atom stereocenters. The molecule has 3 N–H and O–H groups in total. The Morgan fingerprint density at radius 3 is 2.50 bits per heavy atom. The summed E-state index contributed by atoms with van der Waals surface area (Å²) < 4.78 is 0. The molecule has 0 saturated carbocycles. The summed E-state index contributed by atoms with van der Waals surface area (Å²) in [6.07, 6.45) is 1.86. The zero-order valence-corrected chi connectivity index (χ0v) is 4.66. The van der Waals surface area contributed by atoms with Crippen molar-refractivity contribution in [3.63, 3.8) is 0 Å². The normalized spacial score (nSPS) is 14.2. The molecule has 0 aromatic heterocycles. The quantitative estimate of drug-likeness (QED) is 0.472. The molecule has 46 valence electrons. The Kier molecular flexibility index (Phi) is 2.88. The van der Waals surface area contributed by atoms with Crippen molar-refractivity contribution in [2.24, 2.45) is 5.73 Å². The smallest absolute Gasteiger partial charge is 0.241 e. The highest BCUT2D eigenvalue weighted by Gasteiger charge is 1.85. The zero-order valence-electron chi connectivity index (χ0n) is 4.66. The van der Waals surface area contributed by atoms with Gasteiger partial charge in [-0.2, -0.15) is 0 Å². The minimum absolute atomic E-state index is 0.536. The molecule has 0 spiro atoms. The summed E-state index contributed by atoms with van der Waals surface area (Å²) in [5.41, 5.74) is 4.70. The molecular formula is C5H9NO2. The molecule has 0 aliphatic carbocycles. The highest BCUT2D eigenvalue weighted by Crippen LogP contribution is 1.79. The maximum atomic E-state index is 9.93. The first-order valence-corrected chi connectivity index (χ1v) is 2.28. The first-order chi connectivity index (χ1) is 3.63. The third kappa shape index (κ3) is 5.17. The molecule has 0 bridgehead atoms. The van der Waals surface area contributed by atoms with E-state index in [4.69, 9.17) is 10.8 Å². The minimum Gasteiger partial charge on any atom is -0.389 e. The van der Waals surface area contributed by atoms with Crippen LogP contribution < -0.4 is 5.73 Å². The number of hydrogen-bond acceptors (Lipinski definition) is 2. The Bertz CT molecular complexity index is 107. The van der Waals surface area contributed by atoms with Gasteiger partial charge < -0.3 is 10.8 Å². The third-order valence-electron chi connectivity index (χ3n) is 0.539. The van der Waals surface area contributed by atoms with Crippen molar-refractivity contribution in [1.29, 1.82) is 0 Å². The number of primary amides is 1. The van der Waals surface area contributed by atoms with Crippen molar-refractivity contribution in [3.05, 3.63) is 12.2 Å². The molecule has 0 aromatic rings. The van der Waals surface area contributed by atoms with Gasteiger partial charge in [0.25, 0.3) is 0 Å². The van der Waals surface area contributed by atoms with E-state index in [1.807, 2.05) is 0 Å². The number of aliphatic hydroxyl groups excluding tert-OH is 1. The number of aliphatic hydroxyl groups is 1. The van der Waals surface area contributed by atoms with E-state index in [0.717, 1.165) is 6.08 Å². The summed E-state index contributed by atoms with van der Waals surface area (Å²) in [5, 5.41) is 8.51. The number of carbonyl (C=O) groups is 1. The van der Waals surface area contributed by atoms with E-state index in [-0.39, 0.29) is 0 Å². The van der Waals surface area contributed by atoms with E-state index < -0.39 is 12.0 Å². The van der Waals surface area contributed by atoms with Gasteiger partial charge in [0.1, 0.15) is 0 Å². The Morgan fingerprint density at radius 2 is 2.38 bits per heavy atom. The summed E-state index contributed by atoms with van der Waals surface area (Å²) in [6.45, 7) is 1.54. The predicted octanol–water partition coefficient (Wildman–Crippen LogP) is -0.591. The fourth-order valence-corrected chi connectivity index (χ4v) is 0.234. The minimum atomic E-state index is -0.595. The number of rotatable bonds is 2. The van der Waals surface area contributed by atoms with E-state index in [1.54, 1.807) is 6.92 Å². The Balaban J connectivity index is 3.50. The SMILES string of the molecule is C[C@@H](O)/C=C\C(N)=O. The summed E-state index contributed by atoms with van der Waals surface area (Å²) >= 11 is 0. The molecule has 3 nitrogen and oxygen atoms in total. The Labute approximate surface area is 47.8 Å². The Hall–Kier alpha value is -0.830. The molecular weight excluding hydrogens is 106 g/mol. The van der Waals surface area contributed by atoms with Crippen molar-refractivity contribution < 1.29 is 9.90 Å². The van der Waals surface area contributed by atoms with Crippen LogP contribution in [0.5, 0.6) is 0 Å². The Morgan fingerprint density at radius 1 is 1.88 bits per heavy atom. The summed E-state index contributed by atoms with van der Waals surface area (Å²) in [7, 11) is 0. The highest BCUT2D eigenvalue weighted by atomic mass is 16.3. The molecule has 1 atom stereocenters. The highest BCUT2D eigenvalue weighted by molar-refractivity contribution is 5.85. The van der Waals surface area contributed by atoms with Crippen LogP contribution in [0.1, 0.15) is 6.92 Å². The second-order valence-electron chi connectivity index (χ2n) is 1.50. The van der Waals surface area contributed by atoms with E-state index >= 15 is 0 Å². The average molecular weight is 115 g/mol. The maximum Gasteiger partial charge on any atom is 0.241 e. The van der Waals surface area contributed by atoms with Crippen LogP contribution in [-0.2, 0) is 4.79 Å². The number of carbonyl (C=O) groups excluding carboxylic acids is 1. The molecule has 0 heterocycles. The molecule has 0 saturated heterocycles. The van der Waals surface area contributed by atoms with Gasteiger partial charge in [0, 0.05) is 6.08 Å². The van der Waals surface area contributed by atoms with Crippen LogP contribution in [0.15, 0.2) is 12.2 Å². The monoisotopic (exact) mass is 115 g/mol. The molecule has 1 amide bonds. The lowest BCUT2D eigenvalue weighted by Gasteiger charge is -1.88. The van der Waals surface area contributed by atoms with Gasteiger partial charge in [0.2, 0.25) is 5.91 Å². The predicted molar refractivity (Wildman–Crippen MR) is 30.0 cm³/mol. The topological polar surface area (TPSA) is 63.3 Å². The molecule has 8 heavy (non-hydrogen) atoms. The van der Waals surface area contributed by atoms with Crippen molar-refractivity contribution >= 4 is 5.91 Å². The molecule has 3 heteroatoms. The van der Waals surface area contributed by atoms with Crippen LogP contribution in [0.4, 0.5) is 0 Å². The molecule has 0 aromatic carbocycles. The van der Waals surface area contributed by atoms with E-state index in [1.165, 1.54) is 6.08 Å². The summed E-state index contributed by atoms with van der Waals surface area (Å²) in [6, 6.07) is 0. The van der Waals surface area contributed by atoms with Gasteiger partial charge in [-0.1, -0.05) is 6.08 Å². The maximum absolute atomic E-state index is 9.93. The van der Waals surface area contributed by atoms with Crippen molar-refractivity contribution in [2.45, 2.75) is 13.0 Å². The van der Waals surface area contributed by atoms with Gasteiger partial charge in [0.15, 0.2) is 0 Å². The standard InChI is InChI=1S/C5H9NO2/c1-4(7)2-3-5(6)8/h2-4,7H,1H3,(H2,6,8)/b3-2-/t4-/m1/s1. The molecule has 0 rings (SSSR count). The fourth-order valence-electron chi connectivity index (χ4n) is 0.234. The van der Waals surface area contributed by atoms with Crippen LogP contribution in [0.3, 0.4) is 0 Å². The van der Waals surface area contributed by atoms with Gasteiger partial charge in [-0.05, 0) is 6.92 Å². The zero-order chi connectivity index (χ0) is 6.57. The first-order valence-electron chi connectivity index (χ1n) is 2.28. The van der Waals surface area contributed by atoms with Gasteiger partial charge in [-0.15, -0.1) is 0 Å². The van der Waals surface area contributed by atoms with Crippen LogP contribution in [0.2, 0.25) is 0 Å². The molecule has 0 radical (unpaired) electrons. The van der Waals surface area contributed by atoms with E-state index in [2.05, 4.69) is 0 Å². The van der Waals surface area contributed by atoms with E-state index in [0.29, 0.717) is 0 Å². The lowest BCUT2D eigenvalue weighted by Crippen LogP contribution is -2.07. The molecule has 0 aliphatic heterocycles. The van der Waals surface area contributed by atoms with Gasteiger partial charge in [-0.3, -0.25) is 4.79 Å². The van der Waals surface area contributed by atoms with Crippen molar-refractivity contribution in [1.82, 2.24) is 0 Å². The second kappa shape index (κ2) is 3.21. The van der Waals surface area contributed by atoms with Crippen molar-refractivity contribution in [2.75, 3.05) is 0 Å². The largest absolute Gasteiger partial charge is 0.389 e. The number of nitrogens with two attached hydrogens (primary N) is 1. The average Bonchev–Trinajstić information content (AvgIpc) is 1.61. The van der Waals surface area contributed by atoms with Gasteiger partial charge in [0.05, 0.1) is 6.10 Å². The fraction of sp³-hybridized carbons (Fsp3) is 0.400. The summed E-state index contributed by atoms with van der Waals surface area (Å²) in [4.78, 5) is 9.93. The van der Waals surface area contributed by atoms with Crippen LogP contribution >= 0.6 is 0 Å². The number of amides is 1. The molecule has 0 fully saturated rings. The lowest BCUT2D eigenvalue weighted by atomic mass is 10.3. The summed E-state index contributed by atoms with van der Waals surface area (Å²) in [5.74, 6) is -0.536. The van der Waals surface area contributed by atoms with Crippen molar-refractivity contribution in [3.8, 4) is 0 Å². The molecule has 0 aliphatic rings. The first kappa shape index (κ1) is 7.17. The lowest BCUT2D eigenvalue weighted by molar-refractivity contribution is -0.113. The van der Waals surface area contributed by atoms with Crippen LogP contribution in [0, 0.1) is 0 Å². The van der Waals surface area contributed by atoms with Gasteiger partial charge >= 0.3 is 0 Å². The second-order valence-corrected chi connectivity index (χ2v) is 1.50. The van der Waals surface area contributed by atoms with Gasteiger partial charge in [-0.25, -0.2) is 0 Å². The van der Waals surface area contributed by atoms with Crippen LogP contribution in [-0.4, -0.2) is 17.1 Å². The van der Waals surface area contributed by atoms with Crippen LogP contribution in [0.25, 0.3) is 0 Å². The third-order valence-corrected chi connectivity index (χ3v) is 0.539. The van der Waals surface area contributed by atoms with E-state index in [9.17, 15) is 4.79 Å². The number of hydrogen-bond donors (Lipinski definition) is 2.